The fourth-order valence-electron chi connectivity index (χ4n) is 2.57. The van der Waals surface area contributed by atoms with Crippen molar-refractivity contribution in [1.29, 1.82) is 0 Å². The molecule has 0 bridgehead atoms. The number of aromatic nitrogens is 3. The van der Waals surface area contributed by atoms with E-state index in [-0.39, 0.29) is 46.2 Å². The molecule has 6 nitrogen and oxygen atoms in total. The largest absolute Gasteiger partial charge is 0.506 e. The molecule has 2 aromatic heterocycles. The second-order valence-corrected chi connectivity index (χ2v) is 6.80. The minimum Gasteiger partial charge on any atom is -0.506 e. The molecule has 1 aromatic carbocycles. The number of benzene rings is 1. The van der Waals surface area contributed by atoms with Gasteiger partial charge in [-0.05, 0) is 49.0 Å². The van der Waals surface area contributed by atoms with E-state index in [0.717, 1.165) is 4.57 Å². The molecule has 0 aliphatic heterocycles. The van der Waals surface area contributed by atoms with Crippen molar-refractivity contribution in [3.05, 3.63) is 64.5 Å². The third-order valence-electron chi connectivity index (χ3n) is 3.91. The Bertz CT molecular complexity index is 1030. The number of pyridine rings is 1. The van der Waals surface area contributed by atoms with Crippen molar-refractivity contribution < 1.29 is 23.4 Å². The van der Waals surface area contributed by atoms with E-state index < -0.39 is 11.2 Å². The Morgan fingerprint density at radius 2 is 1.81 bits per heavy atom. The zero-order chi connectivity index (χ0) is 19.8. The Morgan fingerprint density at radius 3 is 2.41 bits per heavy atom. The van der Waals surface area contributed by atoms with Crippen LogP contribution < -0.4 is 5.69 Å². The van der Waals surface area contributed by atoms with Crippen molar-refractivity contribution in [3.8, 4) is 17.3 Å². The molecule has 3 aromatic rings. The van der Waals surface area contributed by atoms with Crippen LogP contribution in [0, 0.1) is 6.92 Å². The first kappa shape index (κ1) is 18.9. The van der Waals surface area contributed by atoms with Crippen molar-refractivity contribution in [2.45, 2.75) is 23.9 Å². The summed E-state index contributed by atoms with van der Waals surface area (Å²) in [7, 11) is 0. The van der Waals surface area contributed by atoms with Crippen LogP contribution in [0.1, 0.15) is 11.3 Å². The lowest BCUT2D eigenvalue weighted by molar-refractivity contribution is -0.0328. The molecule has 2 heterocycles. The summed E-state index contributed by atoms with van der Waals surface area (Å²) < 4.78 is 39.5. The zero-order valence-electron chi connectivity index (χ0n) is 13.9. The maximum absolute atomic E-state index is 12.7. The van der Waals surface area contributed by atoms with Gasteiger partial charge in [-0.1, -0.05) is 0 Å². The molecule has 10 heteroatoms. The molecule has 0 spiro atoms. The molecule has 0 fully saturated rings. The van der Waals surface area contributed by atoms with Gasteiger partial charge in [-0.2, -0.15) is 13.2 Å². The zero-order valence-corrected chi connectivity index (χ0v) is 14.8. The topological polar surface area (TPSA) is 80.3 Å². The summed E-state index contributed by atoms with van der Waals surface area (Å²) in [6.07, 6.45) is 2.70. The fourth-order valence-corrected chi connectivity index (χ4v) is 3.11. The molecular weight excluding hydrogens is 383 g/mol. The smallest absolute Gasteiger partial charge is 0.446 e. The Labute approximate surface area is 155 Å². The number of rotatable bonds is 4. The first-order valence-corrected chi connectivity index (χ1v) is 8.48. The number of thioether (sulfide) groups is 1. The van der Waals surface area contributed by atoms with E-state index in [1.165, 1.54) is 48.1 Å². The predicted molar refractivity (Wildman–Crippen MR) is 93.3 cm³/mol. The molecule has 0 saturated carbocycles. The summed E-state index contributed by atoms with van der Waals surface area (Å²) in [4.78, 5) is 16.5. The summed E-state index contributed by atoms with van der Waals surface area (Å²) in [6.45, 7) is 1.53. The van der Waals surface area contributed by atoms with E-state index in [4.69, 9.17) is 0 Å². The second-order valence-electron chi connectivity index (χ2n) is 5.66. The van der Waals surface area contributed by atoms with Gasteiger partial charge in [0.25, 0.3) is 0 Å². The van der Waals surface area contributed by atoms with Crippen LogP contribution in [0.25, 0.3) is 5.69 Å². The van der Waals surface area contributed by atoms with Gasteiger partial charge in [-0.15, -0.1) is 0 Å². The van der Waals surface area contributed by atoms with Crippen LogP contribution in [0.2, 0.25) is 0 Å². The number of alkyl halides is 3. The standard InChI is InChI=1S/C17H14F3N3O3S/c1-10-15(25)23(12-2-4-13(5-3-12)27-17(18,19)20)16(26)22(10)9-11-6-7-21-8-14(11)24/h2-8,24-25H,9H2,1H3. The molecule has 2 N–H and O–H groups in total. The highest BCUT2D eigenvalue weighted by molar-refractivity contribution is 8.00. The molecule has 27 heavy (non-hydrogen) atoms. The highest BCUT2D eigenvalue weighted by Gasteiger charge is 2.29. The van der Waals surface area contributed by atoms with Crippen LogP contribution in [0.15, 0.2) is 52.4 Å². The van der Waals surface area contributed by atoms with Gasteiger partial charge in [0.15, 0.2) is 0 Å². The maximum Gasteiger partial charge on any atom is 0.446 e. The van der Waals surface area contributed by atoms with E-state index >= 15 is 0 Å². The Balaban J connectivity index is 1.98. The number of aromatic hydroxyl groups is 2. The minimum absolute atomic E-state index is 0.00158. The minimum atomic E-state index is -4.41. The molecule has 3 rings (SSSR count). The van der Waals surface area contributed by atoms with E-state index in [2.05, 4.69) is 4.98 Å². The first-order valence-electron chi connectivity index (χ1n) is 7.66. The SMILES string of the molecule is Cc1c(O)n(-c2ccc(SC(F)(F)F)cc2)c(=O)n1Cc1ccncc1O. The number of imidazole rings is 1. The number of hydrogen-bond acceptors (Lipinski definition) is 5. The van der Waals surface area contributed by atoms with Crippen molar-refractivity contribution in [2.24, 2.45) is 0 Å². The van der Waals surface area contributed by atoms with Crippen LogP contribution in [0.4, 0.5) is 13.2 Å². The van der Waals surface area contributed by atoms with Gasteiger partial charge in [-0.25, -0.2) is 9.36 Å². The van der Waals surface area contributed by atoms with Gasteiger partial charge >= 0.3 is 11.2 Å². The van der Waals surface area contributed by atoms with Crippen LogP contribution >= 0.6 is 11.8 Å². The average Bonchev–Trinajstić information content (AvgIpc) is 2.80. The predicted octanol–water partition coefficient (Wildman–Crippen LogP) is 3.41. The number of nitrogens with zero attached hydrogens (tertiary/aromatic N) is 3. The molecule has 142 valence electrons. The molecule has 0 aliphatic rings. The third-order valence-corrected chi connectivity index (χ3v) is 4.65. The van der Waals surface area contributed by atoms with Gasteiger partial charge in [0.1, 0.15) is 5.75 Å². The van der Waals surface area contributed by atoms with Gasteiger partial charge in [0.2, 0.25) is 5.88 Å². The molecule has 0 radical (unpaired) electrons. The molecular formula is C17H14F3N3O3S. The fraction of sp³-hybridized carbons (Fsp3) is 0.176. The lowest BCUT2D eigenvalue weighted by Crippen LogP contribution is -2.24. The van der Waals surface area contributed by atoms with E-state index in [1.807, 2.05) is 0 Å². The first-order chi connectivity index (χ1) is 12.7. The molecule has 0 unspecified atom stereocenters. The van der Waals surface area contributed by atoms with Crippen molar-refractivity contribution in [1.82, 2.24) is 14.1 Å². The van der Waals surface area contributed by atoms with Crippen LogP contribution in [-0.4, -0.2) is 29.8 Å². The summed E-state index contributed by atoms with van der Waals surface area (Å²) in [6, 6.07) is 6.63. The average molecular weight is 397 g/mol. The Morgan fingerprint density at radius 1 is 1.15 bits per heavy atom. The van der Waals surface area contributed by atoms with Crippen LogP contribution in [0.3, 0.4) is 0 Å². The van der Waals surface area contributed by atoms with Gasteiger partial charge in [0.05, 0.1) is 24.1 Å². The Hall–Kier alpha value is -2.88. The summed E-state index contributed by atoms with van der Waals surface area (Å²) in [5, 5.41) is 20.2. The van der Waals surface area contributed by atoms with E-state index in [1.54, 1.807) is 6.07 Å². The van der Waals surface area contributed by atoms with Gasteiger partial charge < -0.3 is 10.2 Å². The number of hydrogen-bond donors (Lipinski definition) is 2. The van der Waals surface area contributed by atoms with Gasteiger partial charge in [0, 0.05) is 16.7 Å². The normalized spacial score (nSPS) is 11.7. The van der Waals surface area contributed by atoms with Gasteiger partial charge in [-0.3, -0.25) is 9.55 Å². The van der Waals surface area contributed by atoms with Crippen LogP contribution in [0.5, 0.6) is 11.6 Å². The summed E-state index contributed by atoms with van der Waals surface area (Å²) in [5.74, 6) is -0.422. The lowest BCUT2D eigenvalue weighted by Gasteiger charge is -2.07. The monoisotopic (exact) mass is 397 g/mol. The third kappa shape index (κ3) is 3.95. The van der Waals surface area contributed by atoms with Crippen molar-refractivity contribution in [2.75, 3.05) is 0 Å². The quantitative estimate of drug-likeness (QED) is 0.660. The highest BCUT2D eigenvalue weighted by atomic mass is 32.2. The lowest BCUT2D eigenvalue weighted by atomic mass is 10.2. The maximum atomic E-state index is 12.7. The molecule has 0 amide bonds. The van der Waals surface area contributed by atoms with E-state index in [9.17, 15) is 28.2 Å². The Kier molecular flexibility index (Phi) is 4.92. The van der Waals surface area contributed by atoms with Crippen molar-refractivity contribution in [3.63, 3.8) is 0 Å². The second kappa shape index (κ2) is 7.03. The highest BCUT2D eigenvalue weighted by Crippen LogP contribution is 2.37. The van der Waals surface area contributed by atoms with Crippen molar-refractivity contribution >= 4 is 11.8 Å². The number of halogens is 3. The molecule has 0 saturated heterocycles. The molecule has 0 atom stereocenters. The summed E-state index contributed by atoms with van der Waals surface area (Å²) in [5.41, 5.74) is -4.08. The van der Waals surface area contributed by atoms with Crippen LogP contribution in [-0.2, 0) is 6.54 Å². The van der Waals surface area contributed by atoms with E-state index in [0.29, 0.717) is 5.56 Å². The summed E-state index contributed by atoms with van der Waals surface area (Å²) >= 11 is -0.264. The molecule has 0 aliphatic carbocycles.